The number of nitrogens with one attached hydrogen (secondary N) is 2. The summed E-state index contributed by atoms with van der Waals surface area (Å²) in [6, 6.07) is 5.19. The molecule has 0 aliphatic rings. The largest absolute Gasteiger partial charge is 0.497 e. The van der Waals surface area contributed by atoms with Gasteiger partial charge in [0.05, 0.1) is 7.11 Å². The molecule has 1 aromatic rings. The van der Waals surface area contributed by atoms with Crippen LogP contribution >= 0.6 is 12.6 Å². The topological polar surface area (TPSA) is 87.7 Å². The predicted molar refractivity (Wildman–Crippen MR) is 75.0 cm³/mol. The lowest BCUT2D eigenvalue weighted by atomic mass is 10.2. The number of methoxy groups -OCH3 is 1. The Morgan fingerprint density at radius 3 is 2.47 bits per heavy atom. The van der Waals surface area contributed by atoms with Crippen LogP contribution in [-0.2, 0) is 4.79 Å². The first-order chi connectivity index (χ1) is 9.06. The zero-order chi connectivity index (χ0) is 14.3. The normalized spacial score (nSPS) is 11.5. The molecule has 1 aromatic carbocycles. The van der Waals surface area contributed by atoms with Crippen molar-refractivity contribution in [3.05, 3.63) is 24.3 Å². The van der Waals surface area contributed by atoms with Crippen molar-refractivity contribution in [1.29, 1.82) is 0 Å². The van der Waals surface area contributed by atoms with Crippen LogP contribution in [0.15, 0.2) is 24.3 Å². The number of benzene rings is 1. The number of carbonyl (C=O) groups excluding carboxylic acids is 1. The van der Waals surface area contributed by atoms with Crippen LogP contribution in [0, 0.1) is 0 Å². The Labute approximate surface area is 116 Å². The summed E-state index contributed by atoms with van der Waals surface area (Å²) < 4.78 is 4.99. The zero-order valence-electron chi connectivity index (χ0n) is 10.4. The average Bonchev–Trinajstić information content (AvgIpc) is 2.39. The van der Waals surface area contributed by atoms with Gasteiger partial charge in [-0.1, -0.05) is 0 Å². The molecule has 7 heteroatoms. The predicted octanol–water partition coefficient (Wildman–Crippen LogP) is 1.59. The third-order valence-corrected chi connectivity index (χ3v) is 2.63. The van der Waals surface area contributed by atoms with Gasteiger partial charge in [0.25, 0.3) is 0 Å². The molecule has 19 heavy (non-hydrogen) atoms. The Balaban J connectivity index is 2.55. The second-order valence-electron chi connectivity index (χ2n) is 3.73. The molecule has 104 valence electrons. The standard InChI is InChI=1S/C12H16N2O4S/c1-18-9-4-2-8(3-5-9)13-12(17)14-10(6-7-19)11(15)16/h2-5,10,19H,6-7H2,1H3,(H,15,16)(H2,13,14,17). The molecule has 2 amide bonds. The van der Waals surface area contributed by atoms with Crippen molar-refractivity contribution < 1.29 is 19.4 Å². The Morgan fingerprint density at radius 2 is 2.00 bits per heavy atom. The van der Waals surface area contributed by atoms with Gasteiger partial charge in [-0.2, -0.15) is 12.6 Å². The van der Waals surface area contributed by atoms with Gasteiger partial charge in [0.15, 0.2) is 0 Å². The van der Waals surface area contributed by atoms with Crippen LogP contribution in [0.2, 0.25) is 0 Å². The molecule has 0 aromatic heterocycles. The van der Waals surface area contributed by atoms with Gasteiger partial charge in [-0.25, -0.2) is 9.59 Å². The van der Waals surface area contributed by atoms with E-state index in [1.807, 2.05) is 0 Å². The first kappa shape index (κ1) is 15.2. The molecule has 6 nitrogen and oxygen atoms in total. The van der Waals surface area contributed by atoms with Crippen LogP contribution < -0.4 is 15.4 Å². The number of carboxylic acid groups (broad SMARTS) is 1. The van der Waals surface area contributed by atoms with Crippen LogP contribution in [0.5, 0.6) is 5.75 Å². The first-order valence-corrected chi connectivity index (χ1v) is 6.25. The SMILES string of the molecule is COc1ccc(NC(=O)NC(CCS)C(=O)O)cc1. The van der Waals surface area contributed by atoms with Crippen molar-refractivity contribution in [2.24, 2.45) is 0 Å². The Bertz CT molecular complexity index is 436. The van der Waals surface area contributed by atoms with Gasteiger partial charge >= 0.3 is 12.0 Å². The minimum absolute atomic E-state index is 0.258. The molecule has 0 aliphatic heterocycles. The Kier molecular flexibility index (Phi) is 6.01. The fourth-order valence-electron chi connectivity index (χ4n) is 1.39. The third-order valence-electron chi connectivity index (χ3n) is 2.37. The van der Waals surface area contributed by atoms with Gasteiger partial charge in [-0.3, -0.25) is 0 Å². The van der Waals surface area contributed by atoms with E-state index in [0.717, 1.165) is 0 Å². The van der Waals surface area contributed by atoms with E-state index in [1.54, 1.807) is 31.4 Å². The van der Waals surface area contributed by atoms with Crippen LogP contribution in [0.3, 0.4) is 0 Å². The van der Waals surface area contributed by atoms with E-state index in [-0.39, 0.29) is 6.42 Å². The van der Waals surface area contributed by atoms with E-state index in [2.05, 4.69) is 23.3 Å². The molecule has 0 aliphatic carbocycles. The van der Waals surface area contributed by atoms with Gasteiger partial charge < -0.3 is 20.5 Å². The molecular formula is C12H16N2O4S. The van der Waals surface area contributed by atoms with Gasteiger partial charge in [0, 0.05) is 5.69 Å². The van der Waals surface area contributed by atoms with E-state index in [4.69, 9.17) is 9.84 Å². The summed E-state index contributed by atoms with van der Waals surface area (Å²) >= 11 is 3.95. The highest BCUT2D eigenvalue weighted by Crippen LogP contribution is 2.14. The highest BCUT2D eigenvalue weighted by Gasteiger charge is 2.18. The number of thiol groups is 1. The minimum atomic E-state index is -1.08. The summed E-state index contributed by atoms with van der Waals surface area (Å²) in [5.41, 5.74) is 0.549. The second-order valence-corrected chi connectivity index (χ2v) is 4.18. The number of hydrogen-bond acceptors (Lipinski definition) is 4. The van der Waals surface area contributed by atoms with Crippen LogP contribution in [-0.4, -0.2) is 36.0 Å². The fraction of sp³-hybridized carbons (Fsp3) is 0.333. The summed E-state index contributed by atoms with van der Waals surface area (Å²) in [4.78, 5) is 22.5. The number of rotatable bonds is 6. The van der Waals surface area contributed by atoms with Crippen LogP contribution in [0.1, 0.15) is 6.42 Å². The quantitative estimate of drug-likeness (QED) is 0.597. The van der Waals surface area contributed by atoms with E-state index >= 15 is 0 Å². The molecule has 1 unspecified atom stereocenters. The van der Waals surface area contributed by atoms with Gasteiger partial charge in [0.2, 0.25) is 0 Å². The lowest BCUT2D eigenvalue weighted by Gasteiger charge is -2.14. The van der Waals surface area contributed by atoms with E-state index in [0.29, 0.717) is 17.2 Å². The number of carboxylic acids is 1. The summed E-state index contributed by atoms with van der Waals surface area (Å²) in [5, 5.41) is 13.8. The molecule has 0 heterocycles. The molecule has 0 saturated carbocycles. The van der Waals surface area contributed by atoms with Crippen LogP contribution in [0.4, 0.5) is 10.5 Å². The molecule has 1 atom stereocenters. The Morgan fingerprint density at radius 1 is 1.37 bits per heavy atom. The van der Waals surface area contributed by atoms with Gasteiger partial charge in [-0.15, -0.1) is 0 Å². The number of carbonyl (C=O) groups is 2. The molecule has 1 rings (SSSR count). The number of amides is 2. The summed E-state index contributed by atoms with van der Waals surface area (Å²) in [7, 11) is 1.55. The number of ether oxygens (including phenoxy) is 1. The number of hydrogen-bond donors (Lipinski definition) is 4. The van der Waals surface area contributed by atoms with Crippen molar-refractivity contribution in [2.45, 2.75) is 12.5 Å². The average molecular weight is 284 g/mol. The third kappa shape index (κ3) is 5.09. The van der Waals surface area contributed by atoms with Crippen molar-refractivity contribution in [3.8, 4) is 5.75 Å². The summed E-state index contributed by atoms with van der Waals surface area (Å²) in [6.07, 6.45) is 0.258. The van der Waals surface area contributed by atoms with Crippen molar-refractivity contribution in [2.75, 3.05) is 18.2 Å². The van der Waals surface area contributed by atoms with E-state index in [1.165, 1.54) is 0 Å². The van der Waals surface area contributed by atoms with E-state index < -0.39 is 18.0 Å². The molecule has 3 N–H and O–H groups in total. The van der Waals surface area contributed by atoms with Crippen molar-refractivity contribution in [3.63, 3.8) is 0 Å². The van der Waals surface area contributed by atoms with Gasteiger partial charge in [0.1, 0.15) is 11.8 Å². The number of aliphatic carboxylic acids is 1. The first-order valence-electron chi connectivity index (χ1n) is 5.62. The maximum atomic E-state index is 11.6. The van der Waals surface area contributed by atoms with E-state index in [9.17, 15) is 9.59 Å². The minimum Gasteiger partial charge on any atom is -0.497 e. The second kappa shape index (κ2) is 7.52. The maximum Gasteiger partial charge on any atom is 0.326 e. The number of anilines is 1. The Hall–Kier alpha value is -1.89. The lowest BCUT2D eigenvalue weighted by Crippen LogP contribution is -2.43. The van der Waals surface area contributed by atoms with Crippen molar-refractivity contribution in [1.82, 2.24) is 5.32 Å². The van der Waals surface area contributed by atoms with Crippen molar-refractivity contribution >= 4 is 30.3 Å². The smallest absolute Gasteiger partial charge is 0.326 e. The highest BCUT2D eigenvalue weighted by molar-refractivity contribution is 7.80. The molecule has 0 bridgehead atoms. The summed E-state index contributed by atoms with van der Waals surface area (Å²) in [5.74, 6) is -0.0388. The molecule has 0 radical (unpaired) electrons. The molecule has 0 fully saturated rings. The molecule has 0 saturated heterocycles. The maximum absolute atomic E-state index is 11.6. The fourth-order valence-corrected chi connectivity index (χ4v) is 1.64. The zero-order valence-corrected chi connectivity index (χ0v) is 11.3. The highest BCUT2D eigenvalue weighted by atomic mass is 32.1. The number of urea groups is 1. The monoisotopic (exact) mass is 284 g/mol. The van der Waals surface area contributed by atoms with Gasteiger partial charge in [-0.05, 0) is 36.4 Å². The molecular weight excluding hydrogens is 268 g/mol. The molecule has 0 spiro atoms. The lowest BCUT2D eigenvalue weighted by molar-refractivity contribution is -0.139. The van der Waals surface area contributed by atoms with Crippen LogP contribution in [0.25, 0.3) is 0 Å². The summed E-state index contributed by atoms with van der Waals surface area (Å²) in [6.45, 7) is 0.